The molecule has 0 radical (unpaired) electrons. The van der Waals surface area contributed by atoms with Crippen molar-refractivity contribution in [3.63, 3.8) is 0 Å². The van der Waals surface area contributed by atoms with Crippen LogP contribution in [0.4, 0.5) is 11.8 Å². The van der Waals surface area contributed by atoms with E-state index in [1.807, 2.05) is 12.1 Å². The molecular weight excluding hydrogens is 238 g/mol. The van der Waals surface area contributed by atoms with Gasteiger partial charge in [-0.15, -0.1) is 11.7 Å². The molecular formula is C14H17N5. The molecule has 2 N–H and O–H groups in total. The minimum absolute atomic E-state index is 0.495. The average Bonchev–Trinajstić information content (AvgIpc) is 2.45. The number of anilines is 2. The largest absolute Gasteiger partial charge is 0.365 e. The standard InChI is InChI=1S/C14H17N5/c1-3-8-15-14-18-13(10-17-19-14)16-9-12-7-5-4-6-11(12)2/h3-7,10H,1,8-9H2,2H3,(H2,15,16,18,19). The van der Waals surface area contributed by atoms with Crippen molar-refractivity contribution >= 4 is 11.8 Å². The van der Waals surface area contributed by atoms with Crippen molar-refractivity contribution in [1.82, 2.24) is 15.2 Å². The summed E-state index contributed by atoms with van der Waals surface area (Å²) < 4.78 is 0. The van der Waals surface area contributed by atoms with Crippen LogP contribution in [0.5, 0.6) is 0 Å². The van der Waals surface area contributed by atoms with Gasteiger partial charge in [-0.05, 0) is 18.1 Å². The fourth-order valence-electron chi connectivity index (χ4n) is 1.62. The van der Waals surface area contributed by atoms with E-state index in [0.29, 0.717) is 24.9 Å². The second-order valence-electron chi connectivity index (χ2n) is 4.11. The van der Waals surface area contributed by atoms with Gasteiger partial charge in [0.2, 0.25) is 5.95 Å². The summed E-state index contributed by atoms with van der Waals surface area (Å²) in [5, 5.41) is 14.0. The number of nitrogens with one attached hydrogen (secondary N) is 2. The molecule has 0 spiro atoms. The third-order valence-electron chi connectivity index (χ3n) is 2.68. The van der Waals surface area contributed by atoms with Gasteiger partial charge in [0.15, 0.2) is 5.82 Å². The van der Waals surface area contributed by atoms with Crippen molar-refractivity contribution in [2.75, 3.05) is 17.2 Å². The summed E-state index contributed by atoms with van der Waals surface area (Å²) in [6.07, 6.45) is 3.36. The van der Waals surface area contributed by atoms with Crippen LogP contribution in [0.2, 0.25) is 0 Å². The lowest BCUT2D eigenvalue weighted by atomic mass is 10.1. The molecule has 0 amide bonds. The van der Waals surface area contributed by atoms with Crippen LogP contribution >= 0.6 is 0 Å². The molecule has 0 unspecified atom stereocenters. The van der Waals surface area contributed by atoms with Crippen molar-refractivity contribution in [2.45, 2.75) is 13.5 Å². The fourth-order valence-corrected chi connectivity index (χ4v) is 1.62. The Labute approximate surface area is 112 Å². The molecule has 0 aliphatic rings. The lowest BCUT2D eigenvalue weighted by Crippen LogP contribution is -2.08. The highest BCUT2D eigenvalue weighted by Gasteiger charge is 2.01. The highest BCUT2D eigenvalue weighted by molar-refractivity contribution is 5.39. The molecule has 1 aromatic heterocycles. The number of aryl methyl sites for hydroxylation is 1. The van der Waals surface area contributed by atoms with E-state index >= 15 is 0 Å². The molecule has 98 valence electrons. The van der Waals surface area contributed by atoms with Crippen LogP contribution in [-0.2, 0) is 6.54 Å². The van der Waals surface area contributed by atoms with Crippen LogP contribution in [0.25, 0.3) is 0 Å². The van der Waals surface area contributed by atoms with E-state index in [1.54, 1.807) is 12.3 Å². The van der Waals surface area contributed by atoms with Gasteiger partial charge in [-0.1, -0.05) is 30.3 Å². The summed E-state index contributed by atoms with van der Waals surface area (Å²) >= 11 is 0. The van der Waals surface area contributed by atoms with Gasteiger partial charge in [-0.3, -0.25) is 0 Å². The molecule has 0 saturated heterocycles. The Morgan fingerprint density at radius 1 is 1.26 bits per heavy atom. The highest BCUT2D eigenvalue weighted by atomic mass is 15.3. The molecule has 0 atom stereocenters. The number of aromatic nitrogens is 3. The van der Waals surface area contributed by atoms with Crippen LogP contribution in [0, 0.1) is 6.92 Å². The molecule has 0 fully saturated rings. The summed E-state index contributed by atoms with van der Waals surface area (Å²) in [5.41, 5.74) is 2.49. The first kappa shape index (κ1) is 13.0. The van der Waals surface area contributed by atoms with Gasteiger partial charge < -0.3 is 10.6 Å². The Balaban J connectivity index is 1.99. The van der Waals surface area contributed by atoms with E-state index in [0.717, 1.165) is 0 Å². The van der Waals surface area contributed by atoms with Crippen LogP contribution in [0.3, 0.4) is 0 Å². The monoisotopic (exact) mass is 255 g/mol. The zero-order valence-electron chi connectivity index (χ0n) is 10.9. The minimum Gasteiger partial charge on any atom is -0.365 e. The van der Waals surface area contributed by atoms with Gasteiger partial charge in [0.1, 0.15) is 0 Å². The SMILES string of the molecule is C=CCNc1nncc(NCc2ccccc2C)n1. The lowest BCUT2D eigenvalue weighted by molar-refractivity contribution is 0.952. The summed E-state index contributed by atoms with van der Waals surface area (Å²) in [6, 6.07) is 8.24. The first-order valence-corrected chi connectivity index (χ1v) is 6.12. The molecule has 1 aromatic carbocycles. The maximum Gasteiger partial charge on any atom is 0.244 e. The Hall–Kier alpha value is -2.43. The van der Waals surface area contributed by atoms with Crippen molar-refractivity contribution in [1.29, 1.82) is 0 Å². The summed E-state index contributed by atoms with van der Waals surface area (Å²) in [4.78, 5) is 4.31. The van der Waals surface area contributed by atoms with E-state index in [2.05, 4.69) is 51.5 Å². The molecule has 0 aliphatic heterocycles. The quantitative estimate of drug-likeness (QED) is 0.776. The van der Waals surface area contributed by atoms with Gasteiger partial charge in [-0.25, -0.2) is 0 Å². The van der Waals surface area contributed by atoms with Crippen LogP contribution in [0.15, 0.2) is 43.1 Å². The predicted octanol–water partition coefficient (Wildman–Crippen LogP) is 2.39. The molecule has 1 heterocycles. The molecule has 19 heavy (non-hydrogen) atoms. The highest BCUT2D eigenvalue weighted by Crippen LogP contribution is 2.10. The number of rotatable bonds is 6. The normalized spacial score (nSPS) is 9.95. The molecule has 5 heteroatoms. The van der Waals surface area contributed by atoms with Gasteiger partial charge >= 0.3 is 0 Å². The van der Waals surface area contributed by atoms with Crippen LogP contribution in [0.1, 0.15) is 11.1 Å². The average molecular weight is 255 g/mol. The zero-order chi connectivity index (χ0) is 13.5. The minimum atomic E-state index is 0.495. The first-order chi connectivity index (χ1) is 9.29. The molecule has 0 bridgehead atoms. The zero-order valence-corrected chi connectivity index (χ0v) is 10.9. The molecule has 2 rings (SSSR count). The Bertz CT molecular complexity index is 553. The first-order valence-electron chi connectivity index (χ1n) is 6.12. The van der Waals surface area contributed by atoms with Gasteiger partial charge in [0.05, 0.1) is 6.20 Å². The summed E-state index contributed by atoms with van der Waals surface area (Å²) in [5.74, 6) is 1.19. The summed E-state index contributed by atoms with van der Waals surface area (Å²) in [6.45, 7) is 7.05. The molecule has 2 aromatic rings. The van der Waals surface area contributed by atoms with Gasteiger partial charge in [0.25, 0.3) is 0 Å². The van der Waals surface area contributed by atoms with E-state index in [9.17, 15) is 0 Å². The molecule has 5 nitrogen and oxygen atoms in total. The van der Waals surface area contributed by atoms with E-state index < -0.39 is 0 Å². The van der Waals surface area contributed by atoms with Gasteiger partial charge in [-0.2, -0.15) is 10.1 Å². The van der Waals surface area contributed by atoms with E-state index in [4.69, 9.17) is 0 Å². The third kappa shape index (κ3) is 3.77. The summed E-state index contributed by atoms with van der Waals surface area (Å²) in [7, 11) is 0. The smallest absolute Gasteiger partial charge is 0.244 e. The fraction of sp³-hybridized carbons (Fsp3) is 0.214. The number of benzene rings is 1. The van der Waals surface area contributed by atoms with E-state index in [1.165, 1.54) is 11.1 Å². The van der Waals surface area contributed by atoms with E-state index in [-0.39, 0.29) is 0 Å². The maximum atomic E-state index is 4.31. The predicted molar refractivity (Wildman–Crippen MR) is 77.0 cm³/mol. The second kappa shape index (κ2) is 6.49. The van der Waals surface area contributed by atoms with Crippen LogP contribution < -0.4 is 10.6 Å². The number of nitrogens with zero attached hydrogens (tertiary/aromatic N) is 3. The Morgan fingerprint density at radius 3 is 2.89 bits per heavy atom. The van der Waals surface area contributed by atoms with Crippen molar-refractivity contribution in [3.05, 3.63) is 54.2 Å². The van der Waals surface area contributed by atoms with Crippen molar-refractivity contribution in [3.8, 4) is 0 Å². The third-order valence-corrected chi connectivity index (χ3v) is 2.68. The van der Waals surface area contributed by atoms with Crippen molar-refractivity contribution in [2.24, 2.45) is 0 Å². The Morgan fingerprint density at radius 2 is 2.11 bits per heavy atom. The molecule has 0 saturated carbocycles. The topological polar surface area (TPSA) is 62.7 Å². The number of hydrogen-bond donors (Lipinski definition) is 2. The maximum absolute atomic E-state index is 4.31. The molecule has 0 aliphatic carbocycles. The van der Waals surface area contributed by atoms with Crippen LogP contribution in [-0.4, -0.2) is 21.7 Å². The number of hydrogen-bond acceptors (Lipinski definition) is 5. The lowest BCUT2D eigenvalue weighted by Gasteiger charge is -2.08. The van der Waals surface area contributed by atoms with Gasteiger partial charge in [0, 0.05) is 13.1 Å². The van der Waals surface area contributed by atoms with Crippen molar-refractivity contribution < 1.29 is 0 Å². The second-order valence-corrected chi connectivity index (χ2v) is 4.11. The Kier molecular flexibility index (Phi) is 4.44.